The Labute approximate surface area is 197 Å². The molecule has 3 aromatic rings. The minimum Gasteiger partial charge on any atom is -0.497 e. The van der Waals surface area contributed by atoms with E-state index in [-0.39, 0.29) is 12.5 Å². The molecule has 168 valence electrons. The van der Waals surface area contributed by atoms with E-state index in [1.807, 2.05) is 25.1 Å². The smallest absolute Gasteiger partial charge is 0.262 e. The Balaban J connectivity index is 1.59. The predicted octanol–water partition coefficient (Wildman–Crippen LogP) is 6.03. The number of carbonyl (C=O) groups is 1. The fraction of sp³-hybridized carbons (Fsp3) is 0.208. The average Bonchev–Trinajstić information content (AvgIpc) is 2.80. The van der Waals surface area contributed by atoms with E-state index in [1.54, 1.807) is 49.6 Å². The van der Waals surface area contributed by atoms with E-state index in [4.69, 9.17) is 37.4 Å². The van der Waals surface area contributed by atoms with Crippen molar-refractivity contribution in [2.45, 2.75) is 13.5 Å². The molecule has 6 nitrogen and oxygen atoms in total. The fourth-order valence-corrected chi connectivity index (χ4v) is 3.17. The number of hydrogen-bond donors (Lipinski definition) is 2. The van der Waals surface area contributed by atoms with Crippen molar-refractivity contribution in [2.75, 3.05) is 31.0 Å². The number of rotatable bonds is 10. The Morgan fingerprint density at radius 1 is 0.875 bits per heavy atom. The van der Waals surface area contributed by atoms with Gasteiger partial charge in [-0.3, -0.25) is 4.79 Å². The van der Waals surface area contributed by atoms with Gasteiger partial charge in [0.15, 0.2) is 18.1 Å². The van der Waals surface area contributed by atoms with Gasteiger partial charge in [-0.25, -0.2) is 0 Å². The molecule has 0 aliphatic rings. The van der Waals surface area contributed by atoms with Crippen LogP contribution in [0.15, 0.2) is 60.7 Å². The molecule has 0 aliphatic heterocycles. The van der Waals surface area contributed by atoms with Gasteiger partial charge in [-0.2, -0.15) is 0 Å². The first-order chi connectivity index (χ1) is 15.5. The minimum atomic E-state index is -0.275. The van der Waals surface area contributed by atoms with Gasteiger partial charge in [0.2, 0.25) is 0 Å². The molecule has 0 spiro atoms. The molecule has 32 heavy (non-hydrogen) atoms. The Morgan fingerprint density at radius 2 is 1.62 bits per heavy atom. The van der Waals surface area contributed by atoms with Gasteiger partial charge < -0.3 is 24.8 Å². The second-order valence-corrected chi connectivity index (χ2v) is 7.58. The van der Waals surface area contributed by atoms with Crippen molar-refractivity contribution in [3.05, 3.63) is 76.3 Å². The van der Waals surface area contributed by atoms with Gasteiger partial charge in [-0.15, -0.1) is 0 Å². The summed E-state index contributed by atoms with van der Waals surface area (Å²) in [7, 11) is 1.59. The molecule has 3 rings (SSSR count). The topological polar surface area (TPSA) is 68.8 Å². The summed E-state index contributed by atoms with van der Waals surface area (Å²) in [5.74, 6) is 1.51. The summed E-state index contributed by atoms with van der Waals surface area (Å²) in [6.45, 7) is 2.77. The maximum atomic E-state index is 12.2. The number of amides is 1. The van der Waals surface area contributed by atoms with Crippen LogP contribution in [0.2, 0.25) is 10.0 Å². The Bertz CT molecular complexity index is 1060. The molecular weight excluding hydrogens is 451 g/mol. The maximum absolute atomic E-state index is 12.2. The van der Waals surface area contributed by atoms with Crippen LogP contribution < -0.4 is 24.8 Å². The largest absolute Gasteiger partial charge is 0.497 e. The number of methoxy groups -OCH3 is 1. The molecule has 0 saturated carbocycles. The van der Waals surface area contributed by atoms with E-state index in [2.05, 4.69) is 10.6 Å². The van der Waals surface area contributed by atoms with Gasteiger partial charge in [-0.1, -0.05) is 29.3 Å². The van der Waals surface area contributed by atoms with Crippen molar-refractivity contribution < 1.29 is 19.0 Å². The molecule has 0 heterocycles. The normalized spacial score (nSPS) is 10.4. The predicted molar refractivity (Wildman–Crippen MR) is 129 cm³/mol. The standard InChI is InChI=1S/C24H24Cl2N2O4/c1-3-31-23-12-16(14-27-18-7-10-20(25)21(26)13-18)4-11-22(23)32-15-24(29)28-17-5-8-19(30-2)9-6-17/h4-13,27H,3,14-15H2,1-2H3,(H,28,29). The van der Waals surface area contributed by atoms with Crippen LogP contribution >= 0.6 is 23.2 Å². The molecule has 2 N–H and O–H groups in total. The van der Waals surface area contributed by atoms with Crippen LogP contribution in [0.5, 0.6) is 17.2 Å². The maximum Gasteiger partial charge on any atom is 0.262 e. The third-order valence-electron chi connectivity index (χ3n) is 4.46. The first-order valence-electron chi connectivity index (χ1n) is 10.00. The quantitative estimate of drug-likeness (QED) is 0.375. The van der Waals surface area contributed by atoms with Gasteiger partial charge in [0.1, 0.15) is 5.75 Å². The lowest BCUT2D eigenvalue weighted by Crippen LogP contribution is -2.20. The van der Waals surface area contributed by atoms with Crippen molar-refractivity contribution in [1.29, 1.82) is 0 Å². The molecule has 3 aromatic carbocycles. The summed E-state index contributed by atoms with van der Waals surface area (Å²) in [5.41, 5.74) is 2.50. The highest BCUT2D eigenvalue weighted by molar-refractivity contribution is 6.42. The number of carbonyl (C=O) groups excluding carboxylic acids is 1. The molecule has 0 aromatic heterocycles. The molecule has 0 aliphatic carbocycles. The van der Waals surface area contributed by atoms with E-state index >= 15 is 0 Å². The highest BCUT2D eigenvalue weighted by Crippen LogP contribution is 2.30. The summed E-state index contributed by atoms with van der Waals surface area (Å²) in [5, 5.41) is 7.07. The Kier molecular flexibility index (Phi) is 8.48. The van der Waals surface area contributed by atoms with Gasteiger partial charge in [0.25, 0.3) is 5.91 Å². The first kappa shape index (κ1) is 23.6. The molecule has 1 amide bonds. The highest BCUT2D eigenvalue weighted by Gasteiger charge is 2.10. The fourth-order valence-electron chi connectivity index (χ4n) is 2.87. The van der Waals surface area contributed by atoms with E-state index in [0.29, 0.717) is 46.1 Å². The van der Waals surface area contributed by atoms with Crippen LogP contribution in [-0.2, 0) is 11.3 Å². The van der Waals surface area contributed by atoms with Gasteiger partial charge in [0, 0.05) is 17.9 Å². The van der Waals surface area contributed by atoms with Crippen LogP contribution in [0.3, 0.4) is 0 Å². The monoisotopic (exact) mass is 474 g/mol. The van der Waals surface area contributed by atoms with Gasteiger partial charge in [0.05, 0.1) is 23.8 Å². The summed E-state index contributed by atoms with van der Waals surface area (Å²) in [6, 6.07) is 18.0. The zero-order valence-corrected chi connectivity index (χ0v) is 19.3. The zero-order valence-electron chi connectivity index (χ0n) is 17.8. The number of hydrogen-bond acceptors (Lipinski definition) is 5. The Morgan fingerprint density at radius 3 is 2.31 bits per heavy atom. The SMILES string of the molecule is CCOc1cc(CNc2ccc(Cl)c(Cl)c2)ccc1OCC(=O)Nc1ccc(OC)cc1. The molecule has 0 unspecified atom stereocenters. The molecular formula is C24H24Cl2N2O4. The van der Waals surface area contributed by atoms with E-state index < -0.39 is 0 Å². The molecule has 0 radical (unpaired) electrons. The van der Waals surface area contributed by atoms with E-state index in [1.165, 1.54) is 0 Å². The number of benzene rings is 3. The van der Waals surface area contributed by atoms with Crippen LogP contribution in [0.25, 0.3) is 0 Å². The van der Waals surface area contributed by atoms with Gasteiger partial charge >= 0.3 is 0 Å². The first-order valence-corrected chi connectivity index (χ1v) is 10.8. The zero-order chi connectivity index (χ0) is 22.9. The van der Waals surface area contributed by atoms with Crippen molar-refractivity contribution in [3.8, 4) is 17.2 Å². The number of ether oxygens (including phenoxy) is 3. The third kappa shape index (κ3) is 6.70. The van der Waals surface area contributed by atoms with Crippen molar-refractivity contribution in [3.63, 3.8) is 0 Å². The van der Waals surface area contributed by atoms with Crippen molar-refractivity contribution >= 4 is 40.5 Å². The average molecular weight is 475 g/mol. The lowest BCUT2D eigenvalue weighted by atomic mass is 10.2. The van der Waals surface area contributed by atoms with Crippen LogP contribution in [0.1, 0.15) is 12.5 Å². The van der Waals surface area contributed by atoms with Crippen LogP contribution in [-0.4, -0.2) is 26.2 Å². The minimum absolute atomic E-state index is 0.146. The van der Waals surface area contributed by atoms with Crippen LogP contribution in [0.4, 0.5) is 11.4 Å². The second-order valence-electron chi connectivity index (χ2n) is 6.76. The van der Waals surface area contributed by atoms with E-state index in [9.17, 15) is 4.79 Å². The molecule has 0 saturated heterocycles. The highest BCUT2D eigenvalue weighted by atomic mass is 35.5. The summed E-state index contributed by atoms with van der Waals surface area (Å²) < 4.78 is 16.5. The number of anilines is 2. The summed E-state index contributed by atoms with van der Waals surface area (Å²) in [4.78, 5) is 12.2. The number of halogens is 2. The van der Waals surface area contributed by atoms with Crippen molar-refractivity contribution in [1.82, 2.24) is 0 Å². The molecule has 0 atom stereocenters. The summed E-state index contributed by atoms with van der Waals surface area (Å²) in [6.07, 6.45) is 0. The lowest BCUT2D eigenvalue weighted by Gasteiger charge is -2.14. The molecule has 8 heteroatoms. The lowest BCUT2D eigenvalue weighted by molar-refractivity contribution is -0.118. The van der Waals surface area contributed by atoms with Crippen molar-refractivity contribution in [2.24, 2.45) is 0 Å². The second kappa shape index (κ2) is 11.5. The molecule has 0 fully saturated rings. The number of nitrogens with one attached hydrogen (secondary N) is 2. The molecule has 0 bridgehead atoms. The summed E-state index contributed by atoms with van der Waals surface area (Å²) >= 11 is 12.0. The van der Waals surface area contributed by atoms with Crippen LogP contribution in [0, 0.1) is 0 Å². The Hall–Kier alpha value is -3.09. The third-order valence-corrected chi connectivity index (χ3v) is 5.20. The van der Waals surface area contributed by atoms with Gasteiger partial charge in [-0.05, 0) is 67.1 Å². The van der Waals surface area contributed by atoms with E-state index in [0.717, 1.165) is 11.3 Å².